The van der Waals surface area contributed by atoms with Crippen LogP contribution in [0.4, 0.5) is 5.69 Å². The normalized spacial score (nSPS) is 25.4. The highest BCUT2D eigenvalue weighted by Gasteiger charge is 2.35. The molecule has 5 nitrogen and oxygen atoms in total. The highest BCUT2D eigenvalue weighted by molar-refractivity contribution is 6.03. The number of hydrogen-bond acceptors (Lipinski definition) is 3. The average molecular weight is 405 g/mol. The van der Waals surface area contributed by atoms with E-state index in [0.717, 1.165) is 48.0 Å². The minimum absolute atomic E-state index is 0.0352. The van der Waals surface area contributed by atoms with E-state index in [1.807, 2.05) is 24.4 Å². The van der Waals surface area contributed by atoms with Gasteiger partial charge in [0.25, 0.3) is 0 Å². The van der Waals surface area contributed by atoms with Crippen molar-refractivity contribution < 1.29 is 14.3 Å². The second kappa shape index (κ2) is 7.80. The molecule has 156 valence electrons. The lowest BCUT2D eigenvalue weighted by Gasteiger charge is -2.35. The van der Waals surface area contributed by atoms with E-state index in [1.165, 1.54) is 11.1 Å². The van der Waals surface area contributed by atoms with Crippen molar-refractivity contribution in [3.63, 3.8) is 0 Å². The van der Waals surface area contributed by atoms with Gasteiger partial charge in [0.05, 0.1) is 17.9 Å². The smallest absolute Gasteiger partial charge is 0.227 e. The minimum atomic E-state index is 0.0352. The molecule has 0 bridgehead atoms. The molecule has 1 amide bonds. The number of aryl methyl sites for hydroxylation is 1. The van der Waals surface area contributed by atoms with Gasteiger partial charge in [-0.15, -0.1) is 0 Å². The molecule has 0 unspecified atom stereocenters. The van der Waals surface area contributed by atoms with Gasteiger partial charge < -0.3 is 19.8 Å². The lowest BCUT2D eigenvalue weighted by atomic mass is 9.77. The lowest BCUT2D eigenvalue weighted by molar-refractivity contribution is -0.127. The molecule has 2 aromatic carbocycles. The van der Waals surface area contributed by atoms with Gasteiger partial charge in [-0.3, -0.25) is 4.79 Å². The van der Waals surface area contributed by atoms with Gasteiger partial charge >= 0.3 is 0 Å². The maximum atomic E-state index is 12.5. The van der Waals surface area contributed by atoms with E-state index in [4.69, 9.17) is 9.47 Å². The van der Waals surface area contributed by atoms with Crippen LogP contribution in [0, 0.1) is 12.8 Å². The number of aromatic nitrogens is 1. The summed E-state index contributed by atoms with van der Waals surface area (Å²) in [7, 11) is 1.70. The molecule has 0 spiro atoms. The molecule has 5 rings (SSSR count). The number of amides is 1. The summed E-state index contributed by atoms with van der Waals surface area (Å²) in [5, 5.41) is 4.06. The largest absolute Gasteiger partial charge is 0.490 e. The molecule has 1 aromatic heterocycles. The molecule has 5 heteroatoms. The van der Waals surface area contributed by atoms with Gasteiger partial charge in [-0.2, -0.15) is 0 Å². The van der Waals surface area contributed by atoms with Gasteiger partial charge in [-0.1, -0.05) is 29.8 Å². The third-order valence-corrected chi connectivity index (χ3v) is 6.66. The first-order valence-electron chi connectivity index (χ1n) is 10.8. The fraction of sp³-hybridized carbons (Fsp3) is 0.400. The molecule has 2 aliphatic rings. The van der Waals surface area contributed by atoms with E-state index >= 15 is 0 Å². The molecule has 2 fully saturated rings. The Labute approximate surface area is 176 Å². The number of benzene rings is 2. The zero-order valence-corrected chi connectivity index (χ0v) is 17.5. The molecule has 0 atom stereocenters. The van der Waals surface area contributed by atoms with E-state index in [-0.39, 0.29) is 24.0 Å². The third-order valence-electron chi connectivity index (χ3n) is 6.66. The predicted octanol–water partition coefficient (Wildman–Crippen LogP) is 5.16. The molecule has 2 N–H and O–H groups in total. The van der Waals surface area contributed by atoms with Gasteiger partial charge in [0.2, 0.25) is 5.91 Å². The van der Waals surface area contributed by atoms with Crippen molar-refractivity contribution in [3.8, 4) is 5.75 Å². The molecule has 1 heterocycles. The average Bonchev–Trinajstić information content (AvgIpc) is 3.06. The first-order chi connectivity index (χ1) is 14.6. The van der Waals surface area contributed by atoms with Crippen LogP contribution in [0.5, 0.6) is 5.75 Å². The summed E-state index contributed by atoms with van der Waals surface area (Å²) in [4.78, 5) is 15.7. The number of fused-ring (bicyclic) bond motifs is 1. The zero-order valence-electron chi connectivity index (χ0n) is 17.5. The van der Waals surface area contributed by atoms with Crippen LogP contribution in [-0.4, -0.2) is 30.2 Å². The van der Waals surface area contributed by atoms with Crippen molar-refractivity contribution in [1.82, 2.24) is 4.98 Å². The first kappa shape index (κ1) is 19.2. The Morgan fingerprint density at radius 1 is 1.03 bits per heavy atom. The molecule has 2 aliphatic carbocycles. The Hall–Kier alpha value is -2.79. The molecule has 3 aromatic rings. The Balaban J connectivity index is 1.21. The quantitative estimate of drug-likeness (QED) is 0.596. The van der Waals surface area contributed by atoms with Crippen LogP contribution >= 0.6 is 0 Å². The Morgan fingerprint density at radius 3 is 2.53 bits per heavy atom. The predicted molar refractivity (Wildman–Crippen MR) is 118 cm³/mol. The van der Waals surface area contributed by atoms with Gasteiger partial charge in [-0.05, 0) is 62.3 Å². The van der Waals surface area contributed by atoms with Gasteiger partial charge in [0, 0.05) is 30.1 Å². The van der Waals surface area contributed by atoms with Crippen LogP contribution in [0.2, 0.25) is 0 Å². The number of aromatic amines is 1. The molecule has 2 saturated carbocycles. The van der Waals surface area contributed by atoms with Crippen molar-refractivity contribution in [1.29, 1.82) is 0 Å². The number of hydrogen-bond donors (Lipinski definition) is 2. The molecular formula is C25H28N2O3. The second-order valence-corrected chi connectivity index (χ2v) is 8.74. The molecule has 0 radical (unpaired) electrons. The van der Waals surface area contributed by atoms with Crippen molar-refractivity contribution in [2.24, 2.45) is 5.92 Å². The summed E-state index contributed by atoms with van der Waals surface area (Å²) < 4.78 is 11.5. The maximum absolute atomic E-state index is 12.5. The summed E-state index contributed by atoms with van der Waals surface area (Å²) >= 11 is 0. The van der Waals surface area contributed by atoms with Crippen LogP contribution in [0.25, 0.3) is 10.9 Å². The monoisotopic (exact) mass is 404 g/mol. The Bertz CT molecular complexity index is 1040. The summed E-state index contributed by atoms with van der Waals surface area (Å²) in [5.41, 5.74) is 4.50. The van der Waals surface area contributed by atoms with Crippen molar-refractivity contribution in [2.45, 2.75) is 50.7 Å². The van der Waals surface area contributed by atoms with Gasteiger partial charge in [0.1, 0.15) is 5.75 Å². The fourth-order valence-corrected chi connectivity index (χ4v) is 4.45. The first-order valence-corrected chi connectivity index (χ1v) is 10.8. The third kappa shape index (κ3) is 3.70. The van der Waals surface area contributed by atoms with Gasteiger partial charge in [-0.25, -0.2) is 0 Å². The Kier molecular flexibility index (Phi) is 4.99. The second-order valence-electron chi connectivity index (χ2n) is 8.74. The van der Waals surface area contributed by atoms with Crippen LogP contribution in [-0.2, 0) is 9.53 Å². The fourth-order valence-electron chi connectivity index (χ4n) is 4.45. The minimum Gasteiger partial charge on any atom is -0.490 e. The van der Waals surface area contributed by atoms with Crippen molar-refractivity contribution >= 4 is 22.5 Å². The number of anilines is 1. The van der Waals surface area contributed by atoms with Crippen LogP contribution in [0.3, 0.4) is 0 Å². The molecule has 0 aliphatic heterocycles. The van der Waals surface area contributed by atoms with Crippen LogP contribution < -0.4 is 10.1 Å². The number of ether oxygens (including phenoxy) is 2. The number of carbonyl (C=O) groups excluding carboxylic acids is 1. The SMILES string of the molecule is CO[C@H]1C[C@@H](C(=O)Nc2c[nH]c3ccc(O[C@H]4C[C@H](c5ccc(C)cc5)C4)cc23)C1. The summed E-state index contributed by atoms with van der Waals surface area (Å²) in [5.74, 6) is 1.54. The maximum Gasteiger partial charge on any atom is 0.227 e. The highest BCUT2D eigenvalue weighted by atomic mass is 16.5. The summed E-state index contributed by atoms with van der Waals surface area (Å²) in [6.07, 6.45) is 5.99. The summed E-state index contributed by atoms with van der Waals surface area (Å²) in [6.45, 7) is 2.12. The van der Waals surface area contributed by atoms with E-state index in [9.17, 15) is 4.79 Å². The van der Waals surface area contributed by atoms with Crippen molar-refractivity contribution in [2.75, 3.05) is 12.4 Å². The van der Waals surface area contributed by atoms with Gasteiger partial charge in [0.15, 0.2) is 0 Å². The lowest BCUT2D eigenvalue weighted by Crippen LogP contribution is -2.38. The van der Waals surface area contributed by atoms with E-state index in [1.54, 1.807) is 7.11 Å². The molecular weight excluding hydrogens is 376 g/mol. The summed E-state index contributed by atoms with van der Waals surface area (Å²) in [6, 6.07) is 14.9. The topological polar surface area (TPSA) is 63.3 Å². The number of H-pyrrole nitrogens is 1. The zero-order chi connectivity index (χ0) is 20.7. The number of methoxy groups -OCH3 is 1. The van der Waals surface area contributed by atoms with E-state index in [0.29, 0.717) is 5.92 Å². The number of rotatable bonds is 6. The standard InChI is InChI=1S/C25H28N2O3/c1-15-3-5-16(6-4-15)17-9-21(10-17)30-19-7-8-23-22(13-19)24(14-26-23)27-25(28)18-11-20(12-18)29-2/h3-8,13-14,17-18,20-21,26H,9-12H2,1-2H3,(H,27,28)/t17-,18-,20+,21-. The molecule has 0 saturated heterocycles. The van der Waals surface area contributed by atoms with Crippen LogP contribution in [0.15, 0.2) is 48.7 Å². The highest BCUT2D eigenvalue weighted by Crippen LogP contribution is 2.40. The Morgan fingerprint density at radius 2 is 1.80 bits per heavy atom. The van der Waals surface area contributed by atoms with Crippen molar-refractivity contribution in [3.05, 3.63) is 59.8 Å². The number of nitrogens with one attached hydrogen (secondary N) is 2. The van der Waals surface area contributed by atoms with E-state index < -0.39 is 0 Å². The number of carbonyl (C=O) groups is 1. The van der Waals surface area contributed by atoms with E-state index in [2.05, 4.69) is 41.5 Å². The van der Waals surface area contributed by atoms with Crippen LogP contribution in [0.1, 0.15) is 42.7 Å². The molecule has 30 heavy (non-hydrogen) atoms.